The first-order valence-electron chi connectivity index (χ1n) is 14.4. The van der Waals surface area contributed by atoms with E-state index in [9.17, 15) is 29.8 Å². The summed E-state index contributed by atoms with van der Waals surface area (Å²) >= 11 is 0. The molecule has 0 spiro atoms. The first-order valence-corrected chi connectivity index (χ1v) is 19.1. The Morgan fingerprint density at radius 1 is 0.612 bits per heavy atom. The highest BCUT2D eigenvalue weighted by Crippen LogP contribution is 2.38. The molecule has 0 saturated heterocycles. The molecule has 0 saturated carbocycles. The van der Waals surface area contributed by atoms with Crippen LogP contribution in [-0.2, 0) is 30.4 Å². The highest BCUT2D eigenvalue weighted by atomic mass is 32.2. The van der Waals surface area contributed by atoms with E-state index >= 15 is 0 Å². The molecule has 4 aromatic rings. The minimum absolute atomic E-state index is 0.0219. The van der Waals surface area contributed by atoms with Crippen LogP contribution in [0.25, 0.3) is 10.8 Å². The fourth-order valence-corrected chi connectivity index (χ4v) is 5.88. The van der Waals surface area contributed by atoms with Gasteiger partial charge in [-0.2, -0.15) is 40.6 Å². The zero-order chi connectivity index (χ0) is 36.0. The Labute approximate surface area is 282 Å². The van der Waals surface area contributed by atoms with E-state index in [1.807, 2.05) is 0 Å². The first-order chi connectivity index (χ1) is 22.9. The van der Waals surface area contributed by atoms with Gasteiger partial charge >= 0.3 is 0 Å². The topological polar surface area (TPSA) is 257 Å². The van der Waals surface area contributed by atoms with E-state index in [0.717, 1.165) is 0 Å². The SMILES string of the molecule is Cc1cc(N=Nc2cc(OCCCS(=O)(=O)O)c(N)cc2C)c(OCCCS(=O)(=O)O)cc1N=Nc1ccc2cc(S(=O)(=O)O)ccc2c1. The van der Waals surface area contributed by atoms with E-state index in [0.29, 0.717) is 39.0 Å². The molecule has 0 aromatic heterocycles. The summed E-state index contributed by atoms with van der Waals surface area (Å²) in [5.41, 5.74) is 9.06. The lowest BCUT2D eigenvalue weighted by atomic mass is 10.1. The molecule has 0 amide bonds. The second-order valence-electron chi connectivity index (χ2n) is 10.8. The summed E-state index contributed by atoms with van der Waals surface area (Å²) in [5, 5.41) is 18.5. The van der Waals surface area contributed by atoms with Gasteiger partial charge in [0.05, 0.1) is 52.4 Å². The molecule has 0 aliphatic heterocycles. The largest absolute Gasteiger partial charge is 0.491 e. The van der Waals surface area contributed by atoms with Gasteiger partial charge in [-0.25, -0.2) is 0 Å². The Kier molecular flexibility index (Phi) is 11.7. The maximum absolute atomic E-state index is 11.5. The second-order valence-corrected chi connectivity index (χ2v) is 15.4. The third-order valence-electron chi connectivity index (χ3n) is 6.85. The van der Waals surface area contributed by atoms with Gasteiger partial charge in [0, 0.05) is 12.1 Å². The van der Waals surface area contributed by atoms with E-state index in [1.165, 1.54) is 24.3 Å². The Balaban J connectivity index is 1.61. The van der Waals surface area contributed by atoms with Crippen LogP contribution in [0.2, 0.25) is 0 Å². The molecule has 0 aliphatic rings. The quantitative estimate of drug-likeness (QED) is 0.0446. The van der Waals surface area contributed by atoms with Crippen molar-refractivity contribution in [2.24, 2.45) is 20.5 Å². The molecule has 0 bridgehead atoms. The lowest BCUT2D eigenvalue weighted by Crippen LogP contribution is -2.09. The summed E-state index contributed by atoms with van der Waals surface area (Å²) in [6, 6.07) is 15.4. The van der Waals surface area contributed by atoms with Gasteiger partial charge in [-0.15, -0.1) is 5.11 Å². The highest BCUT2D eigenvalue weighted by Gasteiger charge is 2.14. The smallest absolute Gasteiger partial charge is 0.294 e. The van der Waals surface area contributed by atoms with Gasteiger partial charge in [0.2, 0.25) is 0 Å². The van der Waals surface area contributed by atoms with Crippen LogP contribution in [0.5, 0.6) is 11.5 Å². The van der Waals surface area contributed by atoms with Crippen LogP contribution < -0.4 is 15.2 Å². The number of benzene rings is 4. The molecule has 0 radical (unpaired) electrons. The van der Waals surface area contributed by atoms with Crippen LogP contribution in [0, 0.1) is 13.8 Å². The fraction of sp³-hybridized carbons (Fsp3) is 0.267. The van der Waals surface area contributed by atoms with Gasteiger partial charge in [0.25, 0.3) is 30.4 Å². The Hall–Kier alpha value is -4.53. The third-order valence-corrected chi connectivity index (χ3v) is 9.30. The Bertz CT molecular complexity index is 2260. The summed E-state index contributed by atoms with van der Waals surface area (Å²) in [4.78, 5) is -0.236. The maximum Gasteiger partial charge on any atom is 0.294 e. The van der Waals surface area contributed by atoms with Crippen molar-refractivity contribution in [1.29, 1.82) is 0 Å². The molecule has 0 fully saturated rings. The van der Waals surface area contributed by atoms with E-state index in [-0.39, 0.29) is 53.8 Å². The number of aryl methyl sites for hydroxylation is 2. The average Bonchev–Trinajstić information content (AvgIpc) is 3.00. The normalized spacial score (nSPS) is 12.7. The van der Waals surface area contributed by atoms with Crippen molar-refractivity contribution < 1.29 is 48.4 Å². The number of nitrogens with zero attached hydrogens (tertiary/aromatic N) is 4. The lowest BCUT2D eigenvalue weighted by molar-refractivity contribution is 0.317. The molecule has 0 unspecified atom stereocenters. The standard InChI is InChI=1S/C30H33N5O11S3/c1-19-13-25(31)29(45-9-3-11-47(36,37)38)17-26(19)34-35-28-14-20(2)27(18-30(28)46-10-4-12-48(39,40)41)33-32-23-7-5-22-16-24(49(42,43)44)8-6-21(22)15-23/h5-8,13-18H,3-4,9-12,31H2,1-2H3,(H,36,37,38)(H,39,40,41)(H,42,43,44). The number of hydrogen-bond acceptors (Lipinski definition) is 13. The minimum Gasteiger partial charge on any atom is -0.491 e. The summed E-state index contributed by atoms with van der Waals surface area (Å²) in [6.45, 7) is 3.36. The zero-order valence-electron chi connectivity index (χ0n) is 26.2. The number of anilines is 1. The Morgan fingerprint density at radius 2 is 1.12 bits per heavy atom. The van der Waals surface area contributed by atoms with Crippen LogP contribution in [0.3, 0.4) is 0 Å². The van der Waals surface area contributed by atoms with Crippen molar-refractivity contribution in [2.45, 2.75) is 31.6 Å². The molecule has 262 valence electrons. The van der Waals surface area contributed by atoms with Crippen LogP contribution in [0.1, 0.15) is 24.0 Å². The van der Waals surface area contributed by atoms with Crippen LogP contribution >= 0.6 is 0 Å². The van der Waals surface area contributed by atoms with Crippen LogP contribution in [-0.4, -0.2) is 63.6 Å². The summed E-state index contributed by atoms with van der Waals surface area (Å²) in [5.74, 6) is -0.579. The summed E-state index contributed by atoms with van der Waals surface area (Å²) < 4.78 is 106. The van der Waals surface area contributed by atoms with Crippen LogP contribution in [0.4, 0.5) is 28.4 Å². The van der Waals surface area contributed by atoms with E-state index in [4.69, 9.17) is 24.3 Å². The van der Waals surface area contributed by atoms with Crippen molar-refractivity contribution in [3.63, 3.8) is 0 Å². The van der Waals surface area contributed by atoms with Crippen molar-refractivity contribution in [3.05, 3.63) is 71.8 Å². The molecule has 19 heteroatoms. The first kappa shape index (κ1) is 37.3. The van der Waals surface area contributed by atoms with E-state index < -0.39 is 41.9 Å². The fourth-order valence-electron chi connectivity index (χ4n) is 4.40. The second kappa shape index (κ2) is 15.3. The van der Waals surface area contributed by atoms with Gasteiger partial charge in [-0.1, -0.05) is 12.1 Å². The van der Waals surface area contributed by atoms with Crippen molar-refractivity contribution in [3.8, 4) is 11.5 Å². The number of ether oxygens (including phenoxy) is 2. The highest BCUT2D eigenvalue weighted by molar-refractivity contribution is 7.86. The van der Waals surface area contributed by atoms with Gasteiger partial charge < -0.3 is 15.2 Å². The van der Waals surface area contributed by atoms with Crippen molar-refractivity contribution in [1.82, 2.24) is 0 Å². The van der Waals surface area contributed by atoms with Gasteiger partial charge in [0.1, 0.15) is 17.2 Å². The number of hydrogen-bond donors (Lipinski definition) is 4. The predicted molar refractivity (Wildman–Crippen MR) is 182 cm³/mol. The molecule has 4 aromatic carbocycles. The minimum atomic E-state index is -4.36. The van der Waals surface area contributed by atoms with Crippen molar-refractivity contribution >= 4 is 69.6 Å². The van der Waals surface area contributed by atoms with Gasteiger partial charge in [-0.3, -0.25) is 13.7 Å². The average molecular weight is 736 g/mol. The van der Waals surface area contributed by atoms with Gasteiger partial charge in [-0.05, 0) is 85.0 Å². The molecule has 4 rings (SSSR count). The molecule has 5 N–H and O–H groups in total. The molecule has 0 aliphatic carbocycles. The number of rotatable bonds is 15. The third kappa shape index (κ3) is 11.3. The Morgan fingerprint density at radius 3 is 1.73 bits per heavy atom. The zero-order valence-corrected chi connectivity index (χ0v) is 28.7. The lowest BCUT2D eigenvalue weighted by Gasteiger charge is -2.12. The molecule has 0 heterocycles. The number of fused-ring (bicyclic) bond motifs is 1. The van der Waals surface area contributed by atoms with Gasteiger partial charge in [0.15, 0.2) is 0 Å². The molecule has 16 nitrogen and oxygen atoms in total. The number of nitrogen functional groups attached to an aromatic ring is 1. The maximum atomic E-state index is 11.5. The summed E-state index contributed by atoms with van der Waals surface area (Å²) in [6.07, 6.45) is 0.00881. The van der Waals surface area contributed by atoms with E-state index in [1.54, 1.807) is 50.2 Å². The number of azo groups is 2. The predicted octanol–water partition coefficient (Wildman–Crippen LogP) is 6.43. The molecule has 49 heavy (non-hydrogen) atoms. The monoisotopic (exact) mass is 735 g/mol. The summed E-state index contributed by atoms with van der Waals surface area (Å²) in [7, 11) is -12.7. The van der Waals surface area contributed by atoms with Crippen LogP contribution in [0.15, 0.2) is 86.0 Å². The molecular formula is C30H33N5O11S3. The van der Waals surface area contributed by atoms with E-state index in [2.05, 4.69) is 20.5 Å². The van der Waals surface area contributed by atoms with Crippen molar-refractivity contribution in [2.75, 3.05) is 30.5 Å². The number of nitrogens with two attached hydrogens (primary N) is 1. The molecular weight excluding hydrogens is 703 g/mol. The molecule has 0 atom stereocenters.